The highest BCUT2D eigenvalue weighted by Gasteiger charge is 2.36. The number of hydrogen-bond acceptors (Lipinski definition) is 5. The van der Waals surface area contributed by atoms with Crippen molar-refractivity contribution < 1.29 is 23.9 Å². The molecule has 2 amide bonds. The molecule has 1 saturated heterocycles. The van der Waals surface area contributed by atoms with Crippen LogP contribution in [0.2, 0.25) is 0 Å². The number of amides is 2. The van der Waals surface area contributed by atoms with Crippen molar-refractivity contribution in [1.29, 1.82) is 0 Å². The maximum absolute atomic E-state index is 12.8. The minimum atomic E-state index is -0.857. The number of rotatable bonds is 6. The number of ether oxygens (including phenoxy) is 2. The first-order valence-corrected chi connectivity index (χ1v) is 11.2. The molecular formula is C24H34N2O5. The Morgan fingerprint density at radius 2 is 1.77 bits per heavy atom. The van der Waals surface area contributed by atoms with Crippen LogP contribution in [0.4, 0.5) is 0 Å². The van der Waals surface area contributed by atoms with Crippen LogP contribution in [0.3, 0.4) is 0 Å². The maximum Gasteiger partial charge on any atom is 0.308 e. The van der Waals surface area contributed by atoms with E-state index in [9.17, 15) is 14.4 Å². The van der Waals surface area contributed by atoms with Crippen LogP contribution < -0.4 is 10.1 Å². The summed E-state index contributed by atoms with van der Waals surface area (Å²) in [5.74, 6) is -0.471. The Bertz CT molecular complexity index is 778. The number of hydrogen-bond donors (Lipinski definition) is 1. The van der Waals surface area contributed by atoms with E-state index >= 15 is 0 Å². The second-order valence-electron chi connectivity index (χ2n) is 9.41. The van der Waals surface area contributed by atoms with Crippen LogP contribution in [0.15, 0.2) is 24.3 Å². The topological polar surface area (TPSA) is 84.9 Å². The summed E-state index contributed by atoms with van der Waals surface area (Å²) in [6.45, 7) is 6.92. The Morgan fingerprint density at radius 3 is 2.42 bits per heavy atom. The molecule has 2 aliphatic rings. The summed E-state index contributed by atoms with van der Waals surface area (Å²) >= 11 is 0. The molecule has 0 bridgehead atoms. The Balaban J connectivity index is 1.56. The first-order chi connectivity index (χ1) is 14.7. The van der Waals surface area contributed by atoms with Gasteiger partial charge in [0.25, 0.3) is 5.91 Å². The largest absolute Gasteiger partial charge is 0.484 e. The minimum absolute atomic E-state index is 0.0367. The Morgan fingerprint density at radius 1 is 1.10 bits per heavy atom. The predicted octanol–water partition coefficient (Wildman–Crippen LogP) is 2.96. The van der Waals surface area contributed by atoms with E-state index in [-0.39, 0.29) is 36.4 Å². The van der Waals surface area contributed by atoms with Gasteiger partial charge in [0.15, 0.2) is 6.61 Å². The minimum Gasteiger partial charge on any atom is -0.484 e. The molecule has 7 heteroatoms. The highest BCUT2D eigenvalue weighted by molar-refractivity contribution is 5.92. The molecule has 7 nitrogen and oxygen atoms in total. The lowest BCUT2D eigenvalue weighted by atomic mass is 9.87. The van der Waals surface area contributed by atoms with Gasteiger partial charge in [-0.15, -0.1) is 0 Å². The van der Waals surface area contributed by atoms with Crippen molar-refractivity contribution in [2.24, 2.45) is 0 Å². The lowest BCUT2D eigenvalue weighted by Gasteiger charge is -2.34. The van der Waals surface area contributed by atoms with Crippen LogP contribution in [-0.2, 0) is 24.5 Å². The van der Waals surface area contributed by atoms with E-state index in [0.29, 0.717) is 18.8 Å². The van der Waals surface area contributed by atoms with Crippen molar-refractivity contribution in [3.63, 3.8) is 0 Å². The second-order valence-corrected chi connectivity index (χ2v) is 9.41. The van der Waals surface area contributed by atoms with E-state index < -0.39 is 12.0 Å². The third kappa shape index (κ3) is 6.45. The molecule has 0 spiro atoms. The first-order valence-electron chi connectivity index (χ1n) is 11.2. The van der Waals surface area contributed by atoms with E-state index in [2.05, 4.69) is 26.1 Å². The number of nitrogens with zero attached hydrogens (tertiary/aromatic N) is 1. The molecule has 1 aromatic carbocycles. The first kappa shape index (κ1) is 23.1. The average molecular weight is 431 g/mol. The number of nitrogens with one attached hydrogen (secondary N) is 1. The number of benzene rings is 1. The summed E-state index contributed by atoms with van der Waals surface area (Å²) in [4.78, 5) is 39.0. The van der Waals surface area contributed by atoms with E-state index in [1.54, 1.807) is 0 Å². The number of carbonyl (C=O) groups is 3. The monoisotopic (exact) mass is 430 g/mol. The standard InChI is InChI=1S/C24H34N2O5/c1-24(2,3)17-9-11-18(12-10-17)30-16-21(27)26-14-13-25-23(29)20(26)15-22(28)31-19-7-5-4-6-8-19/h9-12,19-20H,4-8,13-16H2,1-3H3,(H,25,29)/t20-/m0/s1. The maximum atomic E-state index is 12.8. The fourth-order valence-electron chi connectivity index (χ4n) is 4.07. The van der Waals surface area contributed by atoms with E-state index in [1.165, 1.54) is 16.9 Å². The molecule has 0 unspecified atom stereocenters. The van der Waals surface area contributed by atoms with Gasteiger partial charge < -0.3 is 19.7 Å². The Labute approximate surface area is 184 Å². The molecule has 1 aliphatic carbocycles. The van der Waals surface area contributed by atoms with Gasteiger partial charge in [0, 0.05) is 13.1 Å². The molecule has 170 valence electrons. The molecule has 31 heavy (non-hydrogen) atoms. The summed E-state index contributed by atoms with van der Waals surface area (Å²) in [5.41, 5.74) is 1.21. The third-order valence-electron chi connectivity index (χ3n) is 5.94. The fraction of sp³-hybridized carbons (Fsp3) is 0.625. The van der Waals surface area contributed by atoms with E-state index in [0.717, 1.165) is 25.7 Å². The van der Waals surface area contributed by atoms with Gasteiger partial charge >= 0.3 is 5.97 Å². The smallest absolute Gasteiger partial charge is 0.308 e. The highest BCUT2D eigenvalue weighted by atomic mass is 16.5. The molecule has 1 aromatic rings. The Hall–Kier alpha value is -2.57. The van der Waals surface area contributed by atoms with Gasteiger partial charge in [0.1, 0.15) is 17.9 Å². The quantitative estimate of drug-likeness (QED) is 0.702. The second kappa shape index (κ2) is 10.2. The van der Waals surface area contributed by atoms with Gasteiger partial charge in [0.2, 0.25) is 5.91 Å². The highest BCUT2D eigenvalue weighted by Crippen LogP contribution is 2.24. The van der Waals surface area contributed by atoms with Gasteiger partial charge in [-0.3, -0.25) is 14.4 Å². The van der Waals surface area contributed by atoms with Crippen LogP contribution in [-0.4, -0.2) is 54.5 Å². The van der Waals surface area contributed by atoms with E-state index in [4.69, 9.17) is 9.47 Å². The average Bonchev–Trinajstić information content (AvgIpc) is 2.74. The molecule has 1 saturated carbocycles. The van der Waals surface area contributed by atoms with Gasteiger partial charge in [-0.25, -0.2) is 0 Å². The third-order valence-corrected chi connectivity index (χ3v) is 5.94. The lowest BCUT2D eigenvalue weighted by molar-refractivity contribution is -0.156. The molecule has 3 rings (SSSR count). The SMILES string of the molecule is CC(C)(C)c1ccc(OCC(=O)N2CCNC(=O)[C@@H]2CC(=O)OC2CCCCC2)cc1. The normalized spacial score (nSPS) is 20.2. The number of carbonyl (C=O) groups excluding carboxylic acids is 3. The zero-order valence-electron chi connectivity index (χ0n) is 18.8. The zero-order valence-corrected chi connectivity index (χ0v) is 18.8. The molecule has 1 aliphatic heterocycles. The molecule has 0 aromatic heterocycles. The van der Waals surface area contributed by atoms with Crippen molar-refractivity contribution in [1.82, 2.24) is 10.2 Å². The van der Waals surface area contributed by atoms with Crippen molar-refractivity contribution in [3.8, 4) is 5.75 Å². The molecule has 2 fully saturated rings. The lowest BCUT2D eigenvalue weighted by Crippen LogP contribution is -2.58. The van der Waals surface area contributed by atoms with Crippen molar-refractivity contribution in [2.45, 2.75) is 76.9 Å². The van der Waals surface area contributed by atoms with Crippen molar-refractivity contribution in [2.75, 3.05) is 19.7 Å². The van der Waals surface area contributed by atoms with E-state index in [1.807, 2.05) is 24.3 Å². The van der Waals surface area contributed by atoms with Crippen LogP contribution >= 0.6 is 0 Å². The molecular weight excluding hydrogens is 396 g/mol. The summed E-state index contributed by atoms with van der Waals surface area (Å²) < 4.78 is 11.2. The van der Waals surface area contributed by atoms with Crippen molar-refractivity contribution in [3.05, 3.63) is 29.8 Å². The van der Waals surface area contributed by atoms with Crippen LogP contribution in [0.1, 0.15) is 64.9 Å². The van der Waals surface area contributed by atoms with Gasteiger partial charge in [-0.1, -0.05) is 39.3 Å². The van der Waals surface area contributed by atoms with Gasteiger partial charge in [-0.05, 0) is 48.8 Å². The molecule has 1 heterocycles. The van der Waals surface area contributed by atoms with Crippen molar-refractivity contribution >= 4 is 17.8 Å². The summed E-state index contributed by atoms with van der Waals surface area (Å²) in [6, 6.07) is 6.80. The zero-order chi connectivity index (χ0) is 22.4. The predicted molar refractivity (Wildman–Crippen MR) is 117 cm³/mol. The summed E-state index contributed by atoms with van der Waals surface area (Å²) in [6.07, 6.45) is 4.81. The molecule has 1 atom stereocenters. The van der Waals surface area contributed by atoms with Crippen LogP contribution in [0.25, 0.3) is 0 Å². The molecule has 1 N–H and O–H groups in total. The number of esters is 1. The van der Waals surface area contributed by atoms with Crippen LogP contribution in [0.5, 0.6) is 5.75 Å². The summed E-state index contributed by atoms with van der Waals surface area (Å²) in [5, 5.41) is 2.74. The number of piperazine rings is 1. The van der Waals surface area contributed by atoms with Gasteiger partial charge in [0.05, 0.1) is 6.42 Å². The Kier molecular flexibility index (Phi) is 7.57. The molecule has 0 radical (unpaired) electrons. The van der Waals surface area contributed by atoms with Crippen LogP contribution in [0, 0.1) is 0 Å². The summed E-state index contributed by atoms with van der Waals surface area (Å²) in [7, 11) is 0. The fourth-order valence-corrected chi connectivity index (χ4v) is 4.07. The van der Waals surface area contributed by atoms with Gasteiger partial charge in [-0.2, -0.15) is 0 Å².